The minimum atomic E-state index is -1.24. The standard InChI is InChI=1S/C19H18N4O6/c1-3-19(13-7-5-4-6-8-13)17(25)22(18(26)21-19)20-11-12-9-14(23(27)28)16(24)15(10-12)29-2/h4-11,24H,3H2,1-2H3,(H,21,26)/b20-11+/t19-/m0/s1. The normalized spacial score (nSPS) is 18.9. The third kappa shape index (κ3) is 3.35. The van der Waals surface area contributed by atoms with Crippen LogP contribution >= 0.6 is 0 Å². The van der Waals surface area contributed by atoms with Crippen LogP contribution in [0.1, 0.15) is 24.5 Å². The number of rotatable bonds is 6. The van der Waals surface area contributed by atoms with Crippen molar-refractivity contribution in [3.8, 4) is 11.5 Å². The van der Waals surface area contributed by atoms with Gasteiger partial charge in [0.05, 0.1) is 18.2 Å². The molecular weight excluding hydrogens is 380 g/mol. The highest BCUT2D eigenvalue weighted by molar-refractivity contribution is 6.07. The number of nitrogens with one attached hydrogen (secondary N) is 1. The maximum atomic E-state index is 13.0. The van der Waals surface area contributed by atoms with Crippen LogP contribution in [0.3, 0.4) is 0 Å². The minimum absolute atomic E-state index is 0.134. The Bertz CT molecular complexity index is 1010. The predicted octanol–water partition coefficient (Wildman–Crippen LogP) is 2.50. The van der Waals surface area contributed by atoms with Gasteiger partial charge in [-0.3, -0.25) is 14.9 Å². The molecule has 10 nitrogen and oxygen atoms in total. The number of aromatic hydroxyl groups is 1. The second-order valence-corrected chi connectivity index (χ2v) is 6.26. The lowest BCUT2D eigenvalue weighted by Crippen LogP contribution is -2.43. The van der Waals surface area contributed by atoms with E-state index in [4.69, 9.17) is 4.74 Å². The van der Waals surface area contributed by atoms with Crippen molar-refractivity contribution in [1.29, 1.82) is 0 Å². The van der Waals surface area contributed by atoms with Crippen LogP contribution < -0.4 is 10.1 Å². The molecule has 0 aromatic heterocycles. The number of nitro groups is 1. The number of nitrogens with zero attached hydrogens (tertiary/aromatic N) is 3. The van der Waals surface area contributed by atoms with Gasteiger partial charge in [-0.15, -0.1) is 5.01 Å². The monoisotopic (exact) mass is 398 g/mol. The molecular formula is C19H18N4O6. The Morgan fingerprint density at radius 3 is 2.59 bits per heavy atom. The van der Waals surface area contributed by atoms with Crippen molar-refractivity contribution in [2.45, 2.75) is 18.9 Å². The van der Waals surface area contributed by atoms with Crippen LogP contribution in [0.15, 0.2) is 47.6 Å². The topological polar surface area (TPSA) is 134 Å². The first-order valence-electron chi connectivity index (χ1n) is 8.65. The zero-order chi connectivity index (χ0) is 21.2. The summed E-state index contributed by atoms with van der Waals surface area (Å²) >= 11 is 0. The fraction of sp³-hybridized carbons (Fsp3) is 0.211. The SMILES string of the molecule is CC[C@@]1(c2ccccc2)NC(=O)N(/N=C/c2cc(OC)c(O)c([N+](=O)[O-])c2)C1=O. The van der Waals surface area contributed by atoms with Crippen LogP contribution in [0.5, 0.6) is 11.5 Å². The molecule has 1 atom stereocenters. The van der Waals surface area contributed by atoms with Crippen molar-refractivity contribution in [1.82, 2.24) is 10.3 Å². The number of hydrogen-bond acceptors (Lipinski definition) is 7. The Hall–Kier alpha value is -3.95. The lowest BCUT2D eigenvalue weighted by atomic mass is 9.87. The van der Waals surface area contributed by atoms with Crippen LogP contribution in [0.25, 0.3) is 0 Å². The van der Waals surface area contributed by atoms with Crippen LogP contribution in [-0.2, 0) is 10.3 Å². The van der Waals surface area contributed by atoms with E-state index in [-0.39, 0.29) is 11.3 Å². The lowest BCUT2D eigenvalue weighted by Gasteiger charge is -2.24. The molecule has 10 heteroatoms. The number of carbonyl (C=O) groups excluding carboxylic acids is 2. The molecule has 0 aliphatic carbocycles. The largest absolute Gasteiger partial charge is 0.500 e. The summed E-state index contributed by atoms with van der Waals surface area (Å²) < 4.78 is 4.92. The summed E-state index contributed by atoms with van der Waals surface area (Å²) in [5.74, 6) is -1.32. The molecule has 3 rings (SSSR count). The van der Waals surface area contributed by atoms with Gasteiger partial charge in [0, 0.05) is 11.6 Å². The second-order valence-electron chi connectivity index (χ2n) is 6.26. The molecule has 1 aliphatic heterocycles. The molecule has 0 saturated carbocycles. The second kappa shape index (κ2) is 7.58. The van der Waals surface area contributed by atoms with Crippen molar-refractivity contribution in [2.75, 3.05) is 7.11 Å². The Balaban J connectivity index is 1.96. The highest BCUT2D eigenvalue weighted by Crippen LogP contribution is 2.37. The molecule has 2 N–H and O–H groups in total. The quantitative estimate of drug-likeness (QED) is 0.332. The van der Waals surface area contributed by atoms with Gasteiger partial charge in [-0.1, -0.05) is 37.3 Å². The molecule has 1 saturated heterocycles. The number of hydrogen-bond donors (Lipinski definition) is 2. The minimum Gasteiger partial charge on any atom is -0.500 e. The van der Waals surface area contributed by atoms with E-state index in [1.165, 1.54) is 13.2 Å². The van der Waals surface area contributed by atoms with Crippen molar-refractivity contribution < 1.29 is 24.4 Å². The van der Waals surface area contributed by atoms with Crippen LogP contribution in [-0.4, -0.2) is 40.3 Å². The summed E-state index contributed by atoms with van der Waals surface area (Å²) in [6.07, 6.45) is 1.43. The number of benzene rings is 2. The van der Waals surface area contributed by atoms with Gasteiger partial charge >= 0.3 is 11.7 Å². The molecule has 150 valence electrons. The predicted molar refractivity (Wildman–Crippen MR) is 103 cm³/mol. The number of urea groups is 1. The fourth-order valence-electron chi connectivity index (χ4n) is 3.14. The average molecular weight is 398 g/mol. The molecule has 0 radical (unpaired) electrons. The fourth-order valence-corrected chi connectivity index (χ4v) is 3.14. The first-order chi connectivity index (χ1) is 13.8. The van der Waals surface area contributed by atoms with E-state index in [2.05, 4.69) is 10.4 Å². The average Bonchev–Trinajstić information content (AvgIpc) is 2.98. The van der Waals surface area contributed by atoms with Gasteiger partial charge in [0.1, 0.15) is 5.54 Å². The van der Waals surface area contributed by atoms with E-state index in [0.29, 0.717) is 17.0 Å². The van der Waals surface area contributed by atoms with Gasteiger partial charge in [-0.25, -0.2) is 4.79 Å². The zero-order valence-corrected chi connectivity index (χ0v) is 15.7. The molecule has 2 aromatic carbocycles. The summed E-state index contributed by atoms with van der Waals surface area (Å²) in [6.45, 7) is 1.77. The van der Waals surface area contributed by atoms with Crippen molar-refractivity contribution in [3.63, 3.8) is 0 Å². The number of carbonyl (C=O) groups is 2. The number of nitro benzene ring substituents is 1. The highest BCUT2D eigenvalue weighted by atomic mass is 16.6. The molecule has 1 aliphatic rings. The molecule has 0 spiro atoms. The Morgan fingerprint density at radius 2 is 2.00 bits per heavy atom. The summed E-state index contributed by atoms with van der Waals surface area (Å²) in [4.78, 5) is 35.7. The van der Waals surface area contributed by atoms with Gasteiger partial charge in [0.15, 0.2) is 5.75 Å². The smallest absolute Gasteiger partial charge is 0.346 e. The van der Waals surface area contributed by atoms with Gasteiger partial charge in [0.25, 0.3) is 5.91 Å². The van der Waals surface area contributed by atoms with E-state index in [1.54, 1.807) is 37.3 Å². The Morgan fingerprint density at radius 1 is 1.31 bits per heavy atom. The van der Waals surface area contributed by atoms with Gasteiger partial charge < -0.3 is 15.2 Å². The molecule has 0 unspecified atom stereocenters. The van der Waals surface area contributed by atoms with Crippen LogP contribution in [0.2, 0.25) is 0 Å². The Kier molecular flexibility index (Phi) is 5.18. The van der Waals surface area contributed by atoms with E-state index in [0.717, 1.165) is 12.3 Å². The maximum Gasteiger partial charge on any atom is 0.346 e. The number of imide groups is 1. The zero-order valence-electron chi connectivity index (χ0n) is 15.7. The number of phenols is 1. The van der Waals surface area contributed by atoms with Crippen LogP contribution in [0.4, 0.5) is 10.5 Å². The molecule has 0 bridgehead atoms. The lowest BCUT2D eigenvalue weighted by molar-refractivity contribution is -0.386. The molecule has 3 amide bonds. The summed E-state index contributed by atoms with van der Waals surface area (Å²) in [7, 11) is 1.24. The first-order valence-corrected chi connectivity index (χ1v) is 8.65. The number of phenolic OH excluding ortho intramolecular Hbond substituents is 1. The number of amides is 3. The van der Waals surface area contributed by atoms with Gasteiger partial charge in [-0.05, 0) is 18.1 Å². The molecule has 2 aromatic rings. The molecule has 29 heavy (non-hydrogen) atoms. The number of hydrazone groups is 1. The van der Waals surface area contributed by atoms with E-state index >= 15 is 0 Å². The molecule has 1 heterocycles. The third-order valence-electron chi connectivity index (χ3n) is 4.68. The Labute approximate surface area is 165 Å². The van der Waals surface area contributed by atoms with E-state index < -0.39 is 33.8 Å². The molecule has 1 fully saturated rings. The van der Waals surface area contributed by atoms with Crippen molar-refractivity contribution in [3.05, 3.63) is 63.7 Å². The van der Waals surface area contributed by atoms with Gasteiger partial charge in [0.2, 0.25) is 5.75 Å². The van der Waals surface area contributed by atoms with Crippen molar-refractivity contribution in [2.24, 2.45) is 5.10 Å². The summed E-state index contributed by atoms with van der Waals surface area (Å²) in [5, 5.41) is 28.2. The first kappa shape index (κ1) is 19.8. The third-order valence-corrected chi connectivity index (χ3v) is 4.68. The number of ether oxygens (including phenoxy) is 1. The van der Waals surface area contributed by atoms with E-state index in [1.807, 2.05) is 0 Å². The van der Waals surface area contributed by atoms with Crippen molar-refractivity contribution >= 4 is 23.8 Å². The number of methoxy groups -OCH3 is 1. The van der Waals surface area contributed by atoms with Gasteiger partial charge in [-0.2, -0.15) is 5.10 Å². The van der Waals surface area contributed by atoms with E-state index in [9.17, 15) is 24.8 Å². The maximum absolute atomic E-state index is 13.0. The highest BCUT2D eigenvalue weighted by Gasteiger charge is 2.51. The summed E-state index contributed by atoms with van der Waals surface area (Å²) in [5.41, 5.74) is -1.04. The summed E-state index contributed by atoms with van der Waals surface area (Å²) in [6, 6.07) is 10.5. The van der Waals surface area contributed by atoms with Crippen LogP contribution in [0, 0.1) is 10.1 Å².